The molecule has 0 radical (unpaired) electrons. The fraction of sp³-hybridized carbons (Fsp3) is 1.00. The van der Waals surface area contributed by atoms with Gasteiger partial charge in [-0.1, -0.05) is 19.3 Å². The molecule has 72 valence electrons. The molecule has 1 saturated carbocycles. The Bertz CT molecular complexity index is 102. The van der Waals surface area contributed by atoms with Gasteiger partial charge in [0.05, 0.1) is 12.2 Å². The smallest absolute Gasteiger partial charge is 0.0540 e. The lowest BCUT2D eigenvalue weighted by atomic mass is 9.98. The SMILES string of the molecule is OC1CCCCCC(O)CCC1. The van der Waals surface area contributed by atoms with Crippen molar-refractivity contribution in [3.63, 3.8) is 0 Å². The highest BCUT2D eigenvalue weighted by Gasteiger charge is 2.09. The van der Waals surface area contributed by atoms with E-state index in [1.807, 2.05) is 0 Å². The van der Waals surface area contributed by atoms with Gasteiger partial charge in [0, 0.05) is 0 Å². The lowest BCUT2D eigenvalue weighted by Crippen LogP contribution is -2.12. The van der Waals surface area contributed by atoms with Crippen molar-refractivity contribution in [2.75, 3.05) is 0 Å². The number of aliphatic hydroxyl groups excluding tert-OH is 2. The zero-order valence-electron chi connectivity index (χ0n) is 7.71. The number of hydrogen-bond acceptors (Lipinski definition) is 2. The lowest BCUT2D eigenvalue weighted by molar-refractivity contribution is 0.113. The molecule has 2 N–H and O–H groups in total. The minimum Gasteiger partial charge on any atom is -0.393 e. The fourth-order valence-electron chi connectivity index (χ4n) is 1.81. The van der Waals surface area contributed by atoms with Crippen molar-refractivity contribution < 1.29 is 10.2 Å². The second kappa shape index (κ2) is 5.55. The minimum absolute atomic E-state index is 0.115. The third-order valence-corrected chi connectivity index (χ3v) is 2.65. The van der Waals surface area contributed by atoms with E-state index in [1.54, 1.807) is 0 Å². The number of hydrogen-bond donors (Lipinski definition) is 2. The summed E-state index contributed by atoms with van der Waals surface area (Å²) >= 11 is 0. The third-order valence-electron chi connectivity index (χ3n) is 2.65. The standard InChI is InChI=1S/C10H20O2/c11-9-5-2-1-3-6-10(12)8-4-7-9/h9-12H,1-8H2. The molecule has 0 aliphatic heterocycles. The molecule has 2 nitrogen and oxygen atoms in total. The summed E-state index contributed by atoms with van der Waals surface area (Å²) in [5.74, 6) is 0. The molecule has 0 spiro atoms. The van der Waals surface area contributed by atoms with E-state index in [2.05, 4.69) is 0 Å². The van der Waals surface area contributed by atoms with Crippen molar-refractivity contribution in [2.45, 2.75) is 63.6 Å². The second-order valence-corrected chi connectivity index (χ2v) is 3.88. The van der Waals surface area contributed by atoms with Gasteiger partial charge < -0.3 is 10.2 Å². The molecular formula is C10H20O2. The third kappa shape index (κ3) is 4.07. The molecule has 0 heterocycles. The molecule has 0 amide bonds. The van der Waals surface area contributed by atoms with Crippen LogP contribution in [0.1, 0.15) is 51.4 Å². The second-order valence-electron chi connectivity index (χ2n) is 3.88. The molecule has 0 aromatic rings. The van der Waals surface area contributed by atoms with Gasteiger partial charge in [-0.3, -0.25) is 0 Å². The van der Waals surface area contributed by atoms with E-state index in [-0.39, 0.29) is 12.2 Å². The van der Waals surface area contributed by atoms with Crippen molar-refractivity contribution in [3.8, 4) is 0 Å². The predicted octanol–water partition coefficient (Wildman–Crippen LogP) is 1.84. The van der Waals surface area contributed by atoms with Crippen molar-refractivity contribution in [1.82, 2.24) is 0 Å². The Morgan fingerprint density at radius 2 is 1.00 bits per heavy atom. The van der Waals surface area contributed by atoms with E-state index in [1.165, 1.54) is 0 Å². The van der Waals surface area contributed by atoms with Gasteiger partial charge in [-0.15, -0.1) is 0 Å². The van der Waals surface area contributed by atoms with E-state index >= 15 is 0 Å². The van der Waals surface area contributed by atoms with Crippen LogP contribution in [0.3, 0.4) is 0 Å². The van der Waals surface area contributed by atoms with Crippen molar-refractivity contribution in [2.24, 2.45) is 0 Å². The van der Waals surface area contributed by atoms with Crippen molar-refractivity contribution >= 4 is 0 Å². The zero-order chi connectivity index (χ0) is 8.81. The first-order valence-electron chi connectivity index (χ1n) is 5.15. The van der Waals surface area contributed by atoms with Crippen LogP contribution in [0.5, 0.6) is 0 Å². The van der Waals surface area contributed by atoms with Crippen LogP contribution in [0, 0.1) is 0 Å². The summed E-state index contributed by atoms with van der Waals surface area (Å²) in [7, 11) is 0. The lowest BCUT2D eigenvalue weighted by Gasteiger charge is -2.15. The first-order chi connectivity index (χ1) is 5.79. The maximum absolute atomic E-state index is 9.44. The molecule has 2 unspecified atom stereocenters. The molecule has 1 rings (SSSR count). The summed E-state index contributed by atoms with van der Waals surface area (Å²) in [4.78, 5) is 0. The Labute approximate surface area is 74.6 Å². The molecule has 2 atom stereocenters. The summed E-state index contributed by atoms with van der Waals surface area (Å²) < 4.78 is 0. The molecular weight excluding hydrogens is 152 g/mol. The first kappa shape index (κ1) is 10.0. The highest BCUT2D eigenvalue weighted by atomic mass is 16.3. The van der Waals surface area contributed by atoms with E-state index in [0.29, 0.717) is 0 Å². The van der Waals surface area contributed by atoms with Crippen LogP contribution in [-0.4, -0.2) is 22.4 Å². The van der Waals surface area contributed by atoms with E-state index in [9.17, 15) is 10.2 Å². The number of aliphatic hydroxyl groups is 2. The van der Waals surface area contributed by atoms with Gasteiger partial charge in [-0.05, 0) is 32.1 Å². The summed E-state index contributed by atoms with van der Waals surface area (Å²) in [6, 6.07) is 0. The minimum atomic E-state index is -0.115. The van der Waals surface area contributed by atoms with Crippen molar-refractivity contribution in [1.29, 1.82) is 0 Å². The van der Waals surface area contributed by atoms with Crippen LogP contribution < -0.4 is 0 Å². The van der Waals surface area contributed by atoms with Crippen molar-refractivity contribution in [3.05, 3.63) is 0 Å². The molecule has 2 heteroatoms. The average molecular weight is 172 g/mol. The molecule has 12 heavy (non-hydrogen) atoms. The Morgan fingerprint density at radius 1 is 0.583 bits per heavy atom. The van der Waals surface area contributed by atoms with E-state index < -0.39 is 0 Å². The van der Waals surface area contributed by atoms with Crippen LogP contribution in [0.2, 0.25) is 0 Å². The molecule has 0 saturated heterocycles. The van der Waals surface area contributed by atoms with Gasteiger partial charge in [-0.2, -0.15) is 0 Å². The van der Waals surface area contributed by atoms with Gasteiger partial charge >= 0.3 is 0 Å². The van der Waals surface area contributed by atoms with Gasteiger partial charge in [0.1, 0.15) is 0 Å². The summed E-state index contributed by atoms with van der Waals surface area (Å²) in [6.45, 7) is 0. The molecule has 0 aromatic carbocycles. The Kier molecular flexibility index (Phi) is 4.62. The maximum Gasteiger partial charge on any atom is 0.0540 e. The van der Waals surface area contributed by atoms with Crippen LogP contribution in [0.25, 0.3) is 0 Å². The molecule has 0 bridgehead atoms. The van der Waals surface area contributed by atoms with Gasteiger partial charge in [0.2, 0.25) is 0 Å². The predicted molar refractivity (Wildman–Crippen MR) is 48.9 cm³/mol. The number of rotatable bonds is 0. The Balaban J connectivity index is 2.21. The quantitative estimate of drug-likeness (QED) is 0.585. The topological polar surface area (TPSA) is 40.5 Å². The Morgan fingerprint density at radius 3 is 1.50 bits per heavy atom. The van der Waals surface area contributed by atoms with E-state index in [4.69, 9.17) is 0 Å². The average Bonchev–Trinajstić information content (AvgIpc) is 2.04. The first-order valence-corrected chi connectivity index (χ1v) is 5.15. The van der Waals surface area contributed by atoms with Gasteiger partial charge in [0.15, 0.2) is 0 Å². The normalized spacial score (nSPS) is 34.5. The largest absolute Gasteiger partial charge is 0.393 e. The highest BCUT2D eigenvalue weighted by molar-refractivity contribution is 4.63. The molecule has 1 aliphatic rings. The molecule has 0 aromatic heterocycles. The fourth-order valence-corrected chi connectivity index (χ4v) is 1.81. The van der Waals surface area contributed by atoms with Gasteiger partial charge in [-0.25, -0.2) is 0 Å². The molecule has 1 aliphatic carbocycles. The summed E-state index contributed by atoms with van der Waals surface area (Å²) in [5.41, 5.74) is 0. The Hall–Kier alpha value is -0.0800. The monoisotopic (exact) mass is 172 g/mol. The van der Waals surface area contributed by atoms with Crippen LogP contribution in [-0.2, 0) is 0 Å². The van der Waals surface area contributed by atoms with Crippen LogP contribution in [0.4, 0.5) is 0 Å². The molecule has 1 fully saturated rings. The summed E-state index contributed by atoms with van der Waals surface area (Å²) in [6.07, 6.45) is 7.80. The van der Waals surface area contributed by atoms with E-state index in [0.717, 1.165) is 51.4 Å². The van der Waals surface area contributed by atoms with Crippen LogP contribution in [0.15, 0.2) is 0 Å². The highest BCUT2D eigenvalue weighted by Crippen LogP contribution is 2.16. The van der Waals surface area contributed by atoms with Crippen LogP contribution >= 0.6 is 0 Å². The zero-order valence-corrected chi connectivity index (χ0v) is 7.71. The maximum atomic E-state index is 9.44. The van der Waals surface area contributed by atoms with Gasteiger partial charge in [0.25, 0.3) is 0 Å². The summed E-state index contributed by atoms with van der Waals surface area (Å²) in [5, 5.41) is 18.9.